The van der Waals surface area contributed by atoms with Crippen LogP contribution in [0.3, 0.4) is 0 Å². The fourth-order valence-corrected chi connectivity index (χ4v) is 3.12. The Labute approximate surface area is 145 Å². The van der Waals surface area contributed by atoms with Crippen molar-refractivity contribution in [2.75, 3.05) is 11.4 Å². The van der Waals surface area contributed by atoms with Gasteiger partial charge in [0.25, 0.3) is 11.7 Å². The molecule has 0 bridgehead atoms. The molecule has 1 amide bonds. The largest absolute Gasteiger partial charge is 0.304 e. The summed E-state index contributed by atoms with van der Waals surface area (Å²) in [5.74, 6) is -0.886. The molecule has 0 unspecified atom stereocenters. The predicted octanol–water partition coefficient (Wildman–Crippen LogP) is 3.52. The Morgan fingerprint density at radius 1 is 0.880 bits per heavy atom. The van der Waals surface area contributed by atoms with Crippen molar-refractivity contribution in [1.29, 1.82) is 0 Å². The molecule has 4 nitrogen and oxygen atoms in total. The van der Waals surface area contributed by atoms with E-state index in [1.807, 2.05) is 54.6 Å². The first-order valence-corrected chi connectivity index (χ1v) is 8.18. The minimum absolute atomic E-state index is 0.436. The molecule has 4 heteroatoms. The number of benzene rings is 2. The molecule has 1 aromatic heterocycles. The molecule has 0 fully saturated rings. The number of rotatable bonds is 4. The fraction of sp³-hybridized carbons (Fsp3) is 0.0952. The number of hydrogen-bond acceptors (Lipinski definition) is 3. The van der Waals surface area contributed by atoms with Crippen LogP contribution < -0.4 is 4.90 Å². The zero-order valence-corrected chi connectivity index (χ0v) is 13.6. The van der Waals surface area contributed by atoms with Crippen LogP contribution >= 0.6 is 0 Å². The summed E-state index contributed by atoms with van der Waals surface area (Å²) in [6, 6.07) is 19.3. The summed E-state index contributed by atoms with van der Waals surface area (Å²) in [7, 11) is 0. The van der Waals surface area contributed by atoms with Crippen molar-refractivity contribution in [2.45, 2.75) is 6.42 Å². The number of hydrogen-bond donors (Lipinski definition) is 0. The number of nitrogens with zero attached hydrogens (tertiary/aromatic N) is 2. The maximum absolute atomic E-state index is 12.4. The third kappa shape index (κ3) is 2.83. The van der Waals surface area contributed by atoms with Gasteiger partial charge in [-0.1, -0.05) is 42.5 Å². The van der Waals surface area contributed by atoms with Gasteiger partial charge in [-0.3, -0.25) is 14.6 Å². The Morgan fingerprint density at radius 2 is 1.72 bits per heavy atom. The van der Waals surface area contributed by atoms with E-state index in [0.717, 1.165) is 16.7 Å². The van der Waals surface area contributed by atoms with E-state index in [0.29, 0.717) is 24.2 Å². The highest BCUT2D eigenvalue weighted by molar-refractivity contribution is 6.52. The van der Waals surface area contributed by atoms with Gasteiger partial charge in [-0.2, -0.15) is 0 Å². The minimum Gasteiger partial charge on any atom is -0.304 e. The Morgan fingerprint density at radius 3 is 2.48 bits per heavy atom. The first kappa shape index (κ1) is 15.3. The summed E-state index contributed by atoms with van der Waals surface area (Å²) in [6.45, 7) is 0.494. The third-order valence-electron chi connectivity index (χ3n) is 4.43. The summed E-state index contributed by atoms with van der Waals surface area (Å²) in [5, 5.41) is 0. The number of ketones is 1. The van der Waals surface area contributed by atoms with Gasteiger partial charge in [0.15, 0.2) is 0 Å². The van der Waals surface area contributed by atoms with E-state index < -0.39 is 11.7 Å². The highest BCUT2D eigenvalue weighted by atomic mass is 16.2. The van der Waals surface area contributed by atoms with Gasteiger partial charge in [0.1, 0.15) is 0 Å². The molecule has 0 N–H and O–H groups in total. The van der Waals surface area contributed by atoms with Crippen molar-refractivity contribution >= 4 is 17.4 Å². The van der Waals surface area contributed by atoms with E-state index in [1.165, 1.54) is 0 Å². The number of pyridine rings is 1. The third-order valence-corrected chi connectivity index (χ3v) is 4.43. The van der Waals surface area contributed by atoms with Crippen LogP contribution in [-0.4, -0.2) is 23.2 Å². The molecule has 4 rings (SSSR count). The molecule has 0 spiro atoms. The van der Waals surface area contributed by atoms with Crippen LogP contribution in [0.2, 0.25) is 0 Å². The van der Waals surface area contributed by atoms with Crippen molar-refractivity contribution < 1.29 is 9.59 Å². The summed E-state index contributed by atoms with van der Waals surface area (Å²) >= 11 is 0. The van der Waals surface area contributed by atoms with Crippen molar-refractivity contribution in [3.05, 3.63) is 84.2 Å². The molecule has 2 aromatic carbocycles. The van der Waals surface area contributed by atoms with Gasteiger partial charge in [-0.05, 0) is 35.7 Å². The Kier molecular flexibility index (Phi) is 3.86. The first-order valence-electron chi connectivity index (χ1n) is 8.18. The lowest BCUT2D eigenvalue weighted by atomic mass is 10.0. The van der Waals surface area contributed by atoms with Gasteiger partial charge < -0.3 is 4.90 Å². The summed E-state index contributed by atoms with van der Waals surface area (Å²) in [6.07, 6.45) is 4.16. The molecular weight excluding hydrogens is 312 g/mol. The van der Waals surface area contributed by atoms with E-state index in [9.17, 15) is 9.59 Å². The standard InChI is InChI=1S/C21H16N2O2/c24-20-18-13-16(17-7-4-11-22-14-17)8-9-19(18)23(21(20)25)12-10-15-5-2-1-3-6-15/h1-9,11,13-14H,10,12H2. The number of anilines is 1. The van der Waals surface area contributed by atoms with Crippen LogP contribution in [0.15, 0.2) is 73.1 Å². The zero-order valence-electron chi connectivity index (χ0n) is 13.6. The van der Waals surface area contributed by atoms with Gasteiger partial charge in [0.05, 0.1) is 11.3 Å². The maximum atomic E-state index is 12.4. The van der Waals surface area contributed by atoms with Crippen molar-refractivity contribution in [1.82, 2.24) is 4.98 Å². The normalized spacial score (nSPS) is 13.2. The van der Waals surface area contributed by atoms with Crippen LogP contribution in [0.5, 0.6) is 0 Å². The van der Waals surface area contributed by atoms with Gasteiger partial charge in [-0.15, -0.1) is 0 Å². The molecule has 2 heterocycles. The molecule has 25 heavy (non-hydrogen) atoms. The lowest BCUT2D eigenvalue weighted by molar-refractivity contribution is -0.114. The second-order valence-electron chi connectivity index (χ2n) is 6.00. The predicted molar refractivity (Wildman–Crippen MR) is 96.5 cm³/mol. The Balaban J connectivity index is 1.63. The number of Topliss-reactive ketones (excluding diaryl/α,β-unsaturated/α-hetero) is 1. The molecule has 0 aliphatic carbocycles. The zero-order chi connectivity index (χ0) is 17.2. The van der Waals surface area contributed by atoms with Gasteiger partial charge in [0, 0.05) is 24.5 Å². The van der Waals surface area contributed by atoms with Crippen LogP contribution in [0.4, 0.5) is 5.69 Å². The van der Waals surface area contributed by atoms with Crippen LogP contribution in [-0.2, 0) is 11.2 Å². The lowest BCUT2D eigenvalue weighted by Crippen LogP contribution is -2.31. The van der Waals surface area contributed by atoms with E-state index in [2.05, 4.69) is 4.98 Å². The number of fused-ring (bicyclic) bond motifs is 1. The van der Waals surface area contributed by atoms with Crippen LogP contribution in [0.25, 0.3) is 11.1 Å². The topological polar surface area (TPSA) is 50.3 Å². The lowest BCUT2D eigenvalue weighted by Gasteiger charge is -2.16. The van der Waals surface area contributed by atoms with E-state index in [4.69, 9.17) is 0 Å². The average Bonchev–Trinajstić information content (AvgIpc) is 2.92. The molecule has 0 saturated carbocycles. The van der Waals surface area contributed by atoms with Gasteiger partial charge in [-0.25, -0.2) is 0 Å². The minimum atomic E-state index is -0.450. The van der Waals surface area contributed by atoms with Gasteiger partial charge in [0.2, 0.25) is 0 Å². The number of amides is 1. The monoisotopic (exact) mass is 328 g/mol. The van der Waals surface area contributed by atoms with Crippen molar-refractivity contribution in [3.63, 3.8) is 0 Å². The number of aromatic nitrogens is 1. The second kappa shape index (κ2) is 6.32. The number of carbonyl (C=O) groups is 2. The molecule has 1 aliphatic heterocycles. The summed E-state index contributed by atoms with van der Waals surface area (Å²) in [5.41, 5.74) is 4.12. The molecule has 3 aromatic rings. The summed E-state index contributed by atoms with van der Waals surface area (Å²) < 4.78 is 0. The van der Waals surface area contributed by atoms with E-state index in [-0.39, 0.29) is 0 Å². The average molecular weight is 328 g/mol. The van der Waals surface area contributed by atoms with Crippen molar-refractivity contribution in [3.8, 4) is 11.1 Å². The highest BCUT2D eigenvalue weighted by Gasteiger charge is 2.35. The molecule has 0 saturated heterocycles. The van der Waals surface area contributed by atoms with E-state index >= 15 is 0 Å². The Bertz CT molecular complexity index is 937. The highest BCUT2D eigenvalue weighted by Crippen LogP contribution is 2.32. The molecular formula is C21H16N2O2. The smallest absolute Gasteiger partial charge is 0.299 e. The van der Waals surface area contributed by atoms with E-state index in [1.54, 1.807) is 23.4 Å². The second-order valence-corrected chi connectivity index (χ2v) is 6.00. The Hall–Kier alpha value is -3.27. The molecule has 122 valence electrons. The molecule has 0 radical (unpaired) electrons. The first-order chi connectivity index (χ1) is 12.2. The summed E-state index contributed by atoms with van der Waals surface area (Å²) in [4.78, 5) is 30.5. The van der Waals surface area contributed by atoms with Crippen molar-refractivity contribution in [2.24, 2.45) is 0 Å². The quantitative estimate of drug-likeness (QED) is 0.689. The molecule has 0 atom stereocenters. The van der Waals surface area contributed by atoms with Gasteiger partial charge >= 0.3 is 0 Å². The van der Waals surface area contributed by atoms with Crippen LogP contribution in [0, 0.1) is 0 Å². The SMILES string of the molecule is O=C1C(=O)N(CCc2ccccc2)c2ccc(-c3cccnc3)cc21. The van der Waals surface area contributed by atoms with Crippen LogP contribution in [0.1, 0.15) is 15.9 Å². The maximum Gasteiger partial charge on any atom is 0.299 e. The number of carbonyl (C=O) groups excluding carboxylic acids is 2. The fourth-order valence-electron chi connectivity index (χ4n) is 3.12. The molecule has 1 aliphatic rings.